The molecule has 104 valence electrons. The van der Waals surface area contributed by atoms with Crippen LogP contribution in [0.4, 0.5) is 0 Å². The van der Waals surface area contributed by atoms with Crippen LogP contribution in [0.2, 0.25) is 0 Å². The highest BCUT2D eigenvalue weighted by molar-refractivity contribution is 4.58. The van der Waals surface area contributed by atoms with Crippen molar-refractivity contribution in [3.63, 3.8) is 0 Å². The molecule has 0 aromatic carbocycles. The third-order valence-electron chi connectivity index (χ3n) is 2.08. The van der Waals surface area contributed by atoms with Crippen molar-refractivity contribution in [3.05, 3.63) is 0 Å². The van der Waals surface area contributed by atoms with Gasteiger partial charge in [0.2, 0.25) is 0 Å². The zero-order valence-corrected chi connectivity index (χ0v) is 11.3. The van der Waals surface area contributed by atoms with Gasteiger partial charge in [0.1, 0.15) is 0 Å². The Morgan fingerprint density at radius 2 is 1.94 bits per heavy atom. The molecule has 0 aliphatic carbocycles. The summed E-state index contributed by atoms with van der Waals surface area (Å²) in [6.45, 7) is 7.69. The highest BCUT2D eigenvalue weighted by Gasteiger charge is 2.04. The van der Waals surface area contributed by atoms with Crippen molar-refractivity contribution in [1.82, 2.24) is 5.32 Å². The summed E-state index contributed by atoms with van der Waals surface area (Å²) in [6, 6.07) is 0. The third-order valence-corrected chi connectivity index (χ3v) is 2.08. The maximum absolute atomic E-state index is 9.54. The summed E-state index contributed by atoms with van der Waals surface area (Å²) >= 11 is 0. The van der Waals surface area contributed by atoms with Crippen LogP contribution in [0.3, 0.4) is 0 Å². The molecule has 0 aliphatic heterocycles. The Balaban J connectivity index is 3.11. The van der Waals surface area contributed by atoms with Gasteiger partial charge in [0, 0.05) is 20.3 Å². The van der Waals surface area contributed by atoms with E-state index in [4.69, 9.17) is 14.2 Å². The van der Waals surface area contributed by atoms with Crippen molar-refractivity contribution in [3.8, 4) is 0 Å². The van der Waals surface area contributed by atoms with Gasteiger partial charge in [-0.3, -0.25) is 0 Å². The molecule has 2 N–H and O–H groups in total. The second-order valence-electron chi connectivity index (χ2n) is 4.20. The van der Waals surface area contributed by atoms with Crippen LogP contribution in [0, 0.1) is 0 Å². The number of methoxy groups -OCH3 is 1. The fraction of sp³-hybridized carbons (Fsp3) is 1.00. The first-order chi connectivity index (χ1) is 8.16. The number of nitrogens with one attached hydrogen (secondary N) is 1. The van der Waals surface area contributed by atoms with Crippen LogP contribution >= 0.6 is 0 Å². The van der Waals surface area contributed by atoms with Crippen LogP contribution in [-0.4, -0.2) is 63.9 Å². The van der Waals surface area contributed by atoms with E-state index in [1.165, 1.54) is 0 Å². The van der Waals surface area contributed by atoms with Crippen LogP contribution in [0.25, 0.3) is 0 Å². The molecule has 0 radical (unpaired) electrons. The molecule has 0 aromatic heterocycles. The summed E-state index contributed by atoms with van der Waals surface area (Å²) in [7, 11) is 1.66. The predicted molar refractivity (Wildman–Crippen MR) is 67.3 cm³/mol. The Morgan fingerprint density at radius 3 is 2.59 bits per heavy atom. The molecule has 0 rings (SSSR count). The molecule has 0 spiro atoms. The molecule has 0 amide bonds. The first kappa shape index (κ1) is 16.8. The Morgan fingerprint density at radius 1 is 1.18 bits per heavy atom. The lowest BCUT2D eigenvalue weighted by Crippen LogP contribution is -2.32. The molecule has 17 heavy (non-hydrogen) atoms. The molecule has 1 unspecified atom stereocenters. The van der Waals surface area contributed by atoms with E-state index in [0.29, 0.717) is 26.4 Å². The van der Waals surface area contributed by atoms with Crippen molar-refractivity contribution in [2.24, 2.45) is 0 Å². The van der Waals surface area contributed by atoms with Crippen LogP contribution in [0.15, 0.2) is 0 Å². The lowest BCUT2D eigenvalue weighted by Gasteiger charge is -2.14. The Bertz CT molecular complexity index is 155. The maximum Gasteiger partial charge on any atom is 0.0897 e. The van der Waals surface area contributed by atoms with Gasteiger partial charge >= 0.3 is 0 Å². The minimum atomic E-state index is -0.438. The van der Waals surface area contributed by atoms with Crippen molar-refractivity contribution < 1.29 is 19.3 Å². The van der Waals surface area contributed by atoms with E-state index in [1.54, 1.807) is 7.11 Å². The van der Waals surface area contributed by atoms with Gasteiger partial charge < -0.3 is 24.6 Å². The largest absolute Gasteiger partial charge is 0.389 e. The molecule has 0 bridgehead atoms. The lowest BCUT2D eigenvalue weighted by atomic mass is 10.3. The summed E-state index contributed by atoms with van der Waals surface area (Å²) < 4.78 is 15.5. The van der Waals surface area contributed by atoms with Crippen molar-refractivity contribution in [2.75, 3.05) is 46.6 Å². The molecule has 0 aromatic rings. The second kappa shape index (κ2) is 12.3. The summed E-state index contributed by atoms with van der Waals surface area (Å²) in [5, 5.41) is 12.7. The van der Waals surface area contributed by atoms with Crippen molar-refractivity contribution in [2.45, 2.75) is 32.5 Å². The molecule has 0 heterocycles. The van der Waals surface area contributed by atoms with Gasteiger partial charge in [-0.15, -0.1) is 0 Å². The van der Waals surface area contributed by atoms with Crippen LogP contribution in [0.5, 0.6) is 0 Å². The standard InChI is InChI=1S/C12H27NO4/c1-11(2)17-10-12(14)9-13-5-4-6-16-8-7-15-3/h11-14H,4-10H2,1-3H3. The molecule has 0 aliphatic rings. The third kappa shape index (κ3) is 13.7. The normalized spacial score (nSPS) is 13.2. The quantitative estimate of drug-likeness (QED) is 0.491. The van der Waals surface area contributed by atoms with Crippen molar-refractivity contribution >= 4 is 0 Å². The number of hydrogen-bond donors (Lipinski definition) is 2. The van der Waals surface area contributed by atoms with Gasteiger partial charge in [-0.2, -0.15) is 0 Å². The fourth-order valence-corrected chi connectivity index (χ4v) is 1.17. The van der Waals surface area contributed by atoms with E-state index in [2.05, 4.69) is 5.32 Å². The predicted octanol–water partition coefficient (Wildman–Crippen LogP) is 0.415. The molecule has 5 nitrogen and oxygen atoms in total. The number of aliphatic hydroxyl groups is 1. The summed E-state index contributed by atoms with van der Waals surface area (Å²) in [6.07, 6.45) is 0.659. The SMILES string of the molecule is COCCOCCCNCC(O)COC(C)C. The Kier molecular flexibility index (Phi) is 12.1. The highest BCUT2D eigenvalue weighted by Crippen LogP contribution is 1.91. The van der Waals surface area contributed by atoms with E-state index >= 15 is 0 Å². The van der Waals surface area contributed by atoms with Crippen LogP contribution in [0.1, 0.15) is 20.3 Å². The first-order valence-corrected chi connectivity index (χ1v) is 6.24. The second-order valence-corrected chi connectivity index (χ2v) is 4.20. The molecule has 5 heteroatoms. The number of hydrogen-bond acceptors (Lipinski definition) is 5. The summed E-state index contributed by atoms with van der Waals surface area (Å²) in [5.41, 5.74) is 0. The monoisotopic (exact) mass is 249 g/mol. The molecular formula is C12H27NO4. The molecule has 0 saturated carbocycles. The van der Waals surface area contributed by atoms with Gasteiger partial charge in [0.25, 0.3) is 0 Å². The van der Waals surface area contributed by atoms with Gasteiger partial charge in [-0.25, -0.2) is 0 Å². The lowest BCUT2D eigenvalue weighted by molar-refractivity contribution is 0.00618. The number of ether oxygens (including phenoxy) is 3. The topological polar surface area (TPSA) is 60.0 Å². The smallest absolute Gasteiger partial charge is 0.0897 e. The van der Waals surface area contributed by atoms with E-state index in [0.717, 1.165) is 19.6 Å². The summed E-state index contributed by atoms with van der Waals surface area (Å²) in [4.78, 5) is 0. The molecule has 0 saturated heterocycles. The van der Waals surface area contributed by atoms with Gasteiger partial charge in [-0.1, -0.05) is 0 Å². The van der Waals surface area contributed by atoms with Gasteiger partial charge in [0.15, 0.2) is 0 Å². The average molecular weight is 249 g/mol. The molecule has 0 fully saturated rings. The Hall–Kier alpha value is -0.200. The average Bonchev–Trinajstić information content (AvgIpc) is 2.30. The van der Waals surface area contributed by atoms with Gasteiger partial charge in [0.05, 0.1) is 32.0 Å². The van der Waals surface area contributed by atoms with E-state index in [-0.39, 0.29) is 6.10 Å². The highest BCUT2D eigenvalue weighted by atomic mass is 16.5. The van der Waals surface area contributed by atoms with Crippen LogP contribution in [-0.2, 0) is 14.2 Å². The Labute approximate surface area is 104 Å². The maximum atomic E-state index is 9.54. The summed E-state index contributed by atoms with van der Waals surface area (Å²) in [5.74, 6) is 0. The first-order valence-electron chi connectivity index (χ1n) is 6.24. The molecule has 1 atom stereocenters. The zero-order valence-electron chi connectivity index (χ0n) is 11.3. The molecular weight excluding hydrogens is 222 g/mol. The van der Waals surface area contributed by atoms with E-state index in [1.807, 2.05) is 13.8 Å². The van der Waals surface area contributed by atoms with Crippen LogP contribution < -0.4 is 5.32 Å². The van der Waals surface area contributed by atoms with Crippen molar-refractivity contribution in [1.29, 1.82) is 0 Å². The van der Waals surface area contributed by atoms with E-state index in [9.17, 15) is 5.11 Å². The fourth-order valence-electron chi connectivity index (χ4n) is 1.17. The van der Waals surface area contributed by atoms with Gasteiger partial charge in [-0.05, 0) is 26.8 Å². The number of rotatable bonds is 12. The van der Waals surface area contributed by atoms with E-state index < -0.39 is 6.10 Å². The number of aliphatic hydroxyl groups excluding tert-OH is 1. The zero-order chi connectivity index (χ0) is 12.9. The minimum Gasteiger partial charge on any atom is -0.389 e. The minimum absolute atomic E-state index is 0.166.